The number of carbonyl (C=O) groups is 2. The van der Waals surface area contributed by atoms with Gasteiger partial charge in [0.05, 0.1) is 23.2 Å². The molecule has 0 aromatic heterocycles. The number of benzene rings is 3. The molecule has 1 saturated heterocycles. The molecule has 32 heavy (non-hydrogen) atoms. The van der Waals surface area contributed by atoms with Crippen LogP contribution in [0.15, 0.2) is 76.8 Å². The highest BCUT2D eigenvalue weighted by Crippen LogP contribution is 2.43. The molecule has 3 aromatic rings. The first kappa shape index (κ1) is 21.9. The van der Waals surface area contributed by atoms with Crippen LogP contribution in [0.3, 0.4) is 0 Å². The molecule has 1 fully saturated rings. The standard InChI is InChI=1S/C24H17BrClNO5/c1-32-19-9-8-14(11-18(19)25)22(29)20-21(13-4-2-7-17(28)10-13)27(24(31)23(20)30)16-6-3-5-15(26)12-16/h2-12,21,28-29H,1H3/b22-20+. The number of halogens is 2. The van der Waals surface area contributed by atoms with Crippen molar-refractivity contribution in [2.24, 2.45) is 0 Å². The molecule has 8 heteroatoms. The van der Waals surface area contributed by atoms with Crippen molar-refractivity contribution in [2.75, 3.05) is 12.0 Å². The zero-order chi connectivity index (χ0) is 23.0. The molecule has 162 valence electrons. The number of anilines is 1. The van der Waals surface area contributed by atoms with E-state index in [0.717, 1.165) is 0 Å². The zero-order valence-corrected chi connectivity index (χ0v) is 19.1. The second-order valence-corrected chi connectivity index (χ2v) is 8.38. The Balaban J connectivity index is 1.95. The summed E-state index contributed by atoms with van der Waals surface area (Å²) in [6.07, 6.45) is 0. The molecular weight excluding hydrogens is 498 g/mol. The van der Waals surface area contributed by atoms with Crippen molar-refractivity contribution in [2.45, 2.75) is 6.04 Å². The van der Waals surface area contributed by atoms with Crippen LogP contribution in [0.5, 0.6) is 11.5 Å². The molecule has 0 spiro atoms. The fraction of sp³-hybridized carbons (Fsp3) is 0.0833. The quantitative estimate of drug-likeness (QED) is 0.275. The number of amides is 1. The summed E-state index contributed by atoms with van der Waals surface area (Å²) in [6, 6.07) is 16.6. The number of aromatic hydroxyl groups is 1. The Morgan fingerprint density at radius 1 is 1.06 bits per heavy atom. The summed E-state index contributed by atoms with van der Waals surface area (Å²) in [4.78, 5) is 27.5. The molecule has 3 aromatic carbocycles. The van der Waals surface area contributed by atoms with E-state index in [-0.39, 0.29) is 17.1 Å². The summed E-state index contributed by atoms with van der Waals surface area (Å²) in [7, 11) is 1.51. The molecular formula is C24H17BrClNO5. The molecule has 0 bridgehead atoms. The molecule has 2 N–H and O–H groups in total. The van der Waals surface area contributed by atoms with Crippen molar-refractivity contribution in [3.05, 3.63) is 92.9 Å². The number of aliphatic hydroxyl groups is 1. The fourth-order valence-electron chi connectivity index (χ4n) is 3.70. The molecule has 1 unspecified atom stereocenters. The number of hydrogen-bond donors (Lipinski definition) is 2. The van der Waals surface area contributed by atoms with E-state index in [1.54, 1.807) is 54.6 Å². The number of hydrogen-bond acceptors (Lipinski definition) is 5. The molecule has 1 aliphatic heterocycles. The van der Waals surface area contributed by atoms with Crippen molar-refractivity contribution in [3.8, 4) is 11.5 Å². The topological polar surface area (TPSA) is 87.1 Å². The minimum Gasteiger partial charge on any atom is -0.508 e. The Labute approximate surface area is 197 Å². The Hall–Kier alpha value is -3.29. The molecule has 4 rings (SSSR count). The molecule has 0 aliphatic carbocycles. The number of methoxy groups -OCH3 is 1. The number of carbonyl (C=O) groups excluding carboxylic acids is 2. The first-order chi connectivity index (χ1) is 15.3. The molecule has 0 radical (unpaired) electrons. The second kappa shape index (κ2) is 8.68. The largest absolute Gasteiger partial charge is 0.508 e. The molecule has 1 heterocycles. The maximum atomic E-state index is 13.1. The molecule has 1 aliphatic rings. The van der Waals surface area contributed by atoms with Gasteiger partial charge in [0, 0.05) is 16.3 Å². The van der Waals surface area contributed by atoms with E-state index in [1.807, 2.05) is 0 Å². The normalized spacial score (nSPS) is 17.6. The summed E-state index contributed by atoms with van der Waals surface area (Å²) < 4.78 is 5.79. The van der Waals surface area contributed by atoms with E-state index in [2.05, 4.69) is 15.9 Å². The predicted octanol–water partition coefficient (Wildman–Crippen LogP) is 5.44. The number of ketones is 1. The maximum Gasteiger partial charge on any atom is 0.300 e. The Morgan fingerprint density at radius 3 is 2.47 bits per heavy atom. The minimum absolute atomic E-state index is 0.0358. The van der Waals surface area contributed by atoms with Crippen LogP contribution in [-0.2, 0) is 9.59 Å². The Kier molecular flexibility index (Phi) is 5.95. The summed E-state index contributed by atoms with van der Waals surface area (Å²) in [5.74, 6) is -1.49. The third-order valence-electron chi connectivity index (χ3n) is 5.14. The number of ether oxygens (including phenoxy) is 1. The summed E-state index contributed by atoms with van der Waals surface area (Å²) in [6.45, 7) is 0. The van der Waals surface area contributed by atoms with E-state index in [0.29, 0.717) is 32.1 Å². The van der Waals surface area contributed by atoms with Crippen molar-refractivity contribution in [1.82, 2.24) is 0 Å². The van der Waals surface area contributed by atoms with Gasteiger partial charge in [0.25, 0.3) is 11.7 Å². The first-order valence-electron chi connectivity index (χ1n) is 9.51. The van der Waals surface area contributed by atoms with Crippen LogP contribution in [0.1, 0.15) is 17.2 Å². The van der Waals surface area contributed by atoms with Crippen LogP contribution in [0, 0.1) is 0 Å². The first-order valence-corrected chi connectivity index (χ1v) is 10.7. The van der Waals surface area contributed by atoms with Crippen LogP contribution in [-0.4, -0.2) is 29.0 Å². The van der Waals surface area contributed by atoms with Crippen LogP contribution >= 0.6 is 27.5 Å². The van der Waals surface area contributed by atoms with Gasteiger partial charge in [-0.05, 0) is 70.0 Å². The van der Waals surface area contributed by atoms with Crippen molar-refractivity contribution >= 4 is 50.7 Å². The third kappa shape index (κ3) is 3.85. The summed E-state index contributed by atoms with van der Waals surface area (Å²) >= 11 is 9.49. The number of phenols is 1. The lowest BCUT2D eigenvalue weighted by Crippen LogP contribution is -2.29. The maximum absolute atomic E-state index is 13.1. The van der Waals surface area contributed by atoms with Crippen molar-refractivity contribution in [1.29, 1.82) is 0 Å². The Morgan fingerprint density at radius 2 is 1.81 bits per heavy atom. The number of phenolic OH excluding ortho intramolecular Hbond substituents is 1. The fourth-order valence-corrected chi connectivity index (χ4v) is 4.43. The van der Waals surface area contributed by atoms with Crippen LogP contribution in [0.25, 0.3) is 5.76 Å². The lowest BCUT2D eigenvalue weighted by Gasteiger charge is -2.25. The van der Waals surface area contributed by atoms with Gasteiger partial charge >= 0.3 is 0 Å². The van der Waals surface area contributed by atoms with Crippen molar-refractivity contribution < 1.29 is 24.5 Å². The average molecular weight is 515 g/mol. The number of rotatable bonds is 4. The third-order valence-corrected chi connectivity index (χ3v) is 6.00. The smallest absolute Gasteiger partial charge is 0.300 e. The molecule has 1 atom stereocenters. The highest BCUT2D eigenvalue weighted by Gasteiger charge is 2.47. The van der Waals surface area contributed by atoms with Gasteiger partial charge in [-0.1, -0.05) is 29.8 Å². The van der Waals surface area contributed by atoms with Gasteiger partial charge in [0.2, 0.25) is 0 Å². The van der Waals surface area contributed by atoms with Gasteiger partial charge in [0.15, 0.2) is 0 Å². The van der Waals surface area contributed by atoms with Gasteiger partial charge in [-0.25, -0.2) is 0 Å². The lowest BCUT2D eigenvalue weighted by molar-refractivity contribution is -0.132. The SMILES string of the molecule is COc1ccc(/C(O)=C2\C(=O)C(=O)N(c3cccc(Cl)c3)C2c2cccc(O)c2)cc1Br. The predicted molar refractivity (Wildman–Crippen MR) is 125 cm³/mol. The molecule has 0 saturated carbocycles. The monoisotopic (exact) mass is 513 g/mol. The van der Waals surface area contributed by atoms with E-state index >= 15 is 0 Å². The lowest BCUT2D eigenvalue weighted by atomic mass is 9.95. The number of Topliss-reactive ketones (excluding diaryl/α,β-unsaturated/α-hetero) is 1. The molecule has 1 amide bonds. The van der Waals surface area contributed by atoms with E-state index in [1.165, 1.54) is 24.1 Å². The zero-order valence-electron chi connectivity index (χ0n) is 16.8. The number of aliphatic hydroxyl groups excluding tert-OH is 1. The second-order valence-electron chi connectivity index (χ2n) is 7.09. The van der Waals surface area contributed by atoms with E-state index in [4.69, 9.17) is 16.3 Å². The van der Waals surface area contributed by atoms with Gasteiger partial charge in [-0.3, -0.25) is 14.5 Å². The van der Waals surface area contributed by atoms with Gasteiger partial charge in [-0.15, -0.1) is 0 Å². The van der Waals surface area contributed by atoms with Crippen LogP contribution < -0.4 is 9.64 Å². The summed E-state index contributed by atoms with van der Waals surface area (Å²) in [5.41, 5.74) is 1.07. The Bertz CT molecular complexity index is 1270. The molecule has 6 nitrogen and oxygen atoms in total. The number of nitrogens with zero attached hydrogens (tertiary/aromatic N) is 1. The van der Waals surface area contributed by atoms with Gasteiger partial charge < -0.3 is 14.9 Å². The average Bonchev–Trinajstić information content (AvgIpc) is 3.04. The van der Waals surface area contributed by atoms with E-state index < -0.39 is 17.7 Å². The van der Waals surface area contributed by atoms with Crippen LogP contribution in [0.2, 0.25) is 5.02 Å². The summed E-state index contributed by atoms with van der Waals surface area (Å²) in [5, 5.41) is 21.6. The highest BCUT2D eigenvalue weighted by molar-refractivity contribution is 9.10. The van der Waals surface area contributed by atoms with Gasteiger partial charge in [-0.2, -0.15) is 0 Å². The van der Waals surface area contributed by atoms with Gasteiger partial charge in [0.1, 0.15) is 17.3 Å². The highest BCUT2D eigenvalue weighted by atomic mass is 79.9. The van der Waals surface area contributed by atoms with E-state index in [9.17, 15) is 19.8 Å². The van der Waals surface area contributed by atoms with Crippen molar-refractivity contribution in [3.63, 3.8) is 0 Å². The minimum atomic E-state index is -0.971. The van der Waals surface area contributed by atoms with Crippen LogP contribution in [0.4, 0.5) is 5.69 Å².